The number of carbonyl (C=O) groups is 1. The minimum atomic E-state index is -0.236. The SMILES string of the molecule is O=C(c1cccnc1)N1C[C@H](c2ccc(F)cc2)[C@H]2CN(Cc3ccc(Cl)cc3)CC[C@H]21. The number of hydrogen-bond acceptors (Lipinski definition) is 3. The molecule has 0 bridgehead atoms. The summed E-state index contributed by atoms with van der Waals surface area (Å²) >= 11 is 6.04. The van der Waals surface area contributed by atoms with E-state index in [1.165, 1.54) is 17.7 Å². The summed E-state index contributed by atoms with van der Waals surface area (Å²) in [6, 6.07) is 18.5. The second-order valence-electron chi connectivity index (χ2n) is 8.74. The van der Waals surface area contributed by atoms with Crippen molar-refractivity contribution >= 4 is 17.5 Å². The molecular weight excluding hydrogens is 425 g/mol. The number of rotatable bonds is 4. The Labute approximate surface area is 192 Å². The number of amides is 1. The Hall–Kier alpha value is -2.76. The van der Waals surface area contributed by atoms with Gasteiger partial charge in [-0.05, 0) is 53.9 Å². The van der Waals surface area contributed by atoms with Crippen molar-refractivity contribution in [1.82, 2.24) is 14.8 Å². The summed E-state index contributed by atoms with van der Waals surface area (Å²) in [5.41, 5.74) is 2.94. The van der Waals surface area contributed by atoms with Crippen molar-refractivity contribution < 1.29 is 9.18 Å². The van der Waals surface area contributed by atoms with Gasteiger partial charge >= 0.3 is 0 Å². The zero-order valence-corrected chi connectivity index (χ0v) is 18.5. The molecule has 3 heterocycles. The molecule has 0 saturated carbocycles. The lowest BCUT2D eigenvalue weighted by Crippen LogP contribution is -2.47. The summed E-state index contributed by atoms with van der Waals surface area (Å²) in [6.07, 6.45) is 4.24. The van der Waals surface area contributed by atoms with Crippen LogP contribution in [0.5, 0.6) is 0 Å². The second-order valence-corrected chi connectivity index (χ2v) is 9.18. The number of nitrogens with zero attached hydrogens (tertiary/aromatic N) is 3. The van der Waals surface area contributed by atoms with Gasteiger partial charge in [0.1, 0.15) is 5.82 Å². The fourth-order valence-corrected chi connectivity index (χ4v) is 5.37. The van der Waals surface area contributed by atoms with Gasteiger partial charge < -0.3 is 4.90 Å². The van der Waals surface area contributed by atoms with Crippen molar-refractivity contribution in [3.8, 4) is 0 Å². The average molecular weight is 450 g/mol. The summed E-state index contributed by atoms with van der Waals surface area (Å²) in [5.74, 6) is 0.264. The highest BCUT2D eigenvalue weighted by Gasteiger charge is 2.47. The van der Waals surface area contributed by atoms with Gasteiger partial charge in [0.15, 0.2) is 0 Å². The number of halogens is 2. The molecule has 4 nitrogen and oxygen atoms in total. The molecule has 3 aromatic rings. The minimum absolute atomic E-state index is 0.0314. The third-order valence-corrected chi connectivity index (χ3v) is 7.05. The second kappa shape index (κ2) is 9.00. The molecule has 2 aliphatic heterocycles. The van der Waals surface area contributed by atoms with Gasteiger partial charge in [0.05, 0.1) is 5.56 Å². The first kappa shape index (κ1) is 21.1. The van der Waals surface area contributed by atoms with Gasteiger partial charge in [-0.25, -0.2) is 4.39 Å². The molecule has 2 fully saturated rings. The highest BCUT2D eigenvalue weighted by molar-refractivity contribution is 6.30. The Morgan fingerprint density at radius 1 is 1.06 bits per heavy atom. The number of aromatic nitrogens is 1. The number of likely N-dealkylation sites (tertiary alicyclic amines) is 2. The average Bonchev–Trinajstić information content (AvgIpc) is 3.20. The Morgan fingerprint density at radius 3 is 2.56 bits per heavy atom. The van der Waals surface area contributed by atoms with E-state index in [1.807, 2.05) is 35.2 Å². The molecule has 0 aliphatic carbocycles. The molecule has 164 valence electrons. The third kappa shape index (κ3) is 4.27. The van der Waals surface area contributed by atoms with Gasteiger partial charge in [-0.1, -0.05) is 35.9 Å². The number of piperidine rings is 1. The molecule has 0 N–H and O–H groups in total. The molecule has 5 rings (SSSR count). The van der Waals surface area contributed by atoms with Crippen LogP contribution in [0, 0.1) is 11.7 Å². The van der Waals surface area contributed by atoms with Crippen LogP contribution in [0.25, 0.3) is 0 Å². The number of hydrogen-bond donors (Lipinski definition) is 0. The van der Waals surface area contributed by atoms with Gasteiger partial charge in [0.25, 0.3) is 5.91 Å². The zero-order valence-electron chi connectivity index (χ0n) is 17.7. The first-order valence-corrected chi connectivity index (χ1v) is 11.4. The van der Waals surface area contributed by atoms with Crippen LogP contribution < -0.4 is 0 Å². The van der Waals surface area contributed by atoms with Crippen LogP contribution in [0.15, 0.2) is 73.1 Å². The van der Waals surface area contributed by atoms with Crippen LogP contribution in [-0.4, -0.2) is 46.4 Å². The summed E-state index contributed by atoms with van der Waals surface area (Å²) in [5, 5.41) is 0.740. The van der Waals surface area contributed by atoms with Crippen LogP contribution in [-0.2, 0) is 6.54 Å². The lowest BCUT2D eigenvalue weighted by Gasteiger charge is -2.39. The van der Waals surface area contributed by atoms with Crippen LogP contribution in [0.4, 0.5) is 4.39 Å². The van der Waals surface area contributed by atoms with Crippen molar-refractivity contribution in [3.63, 3.8) is 0 Å². The van der Waals surface area contributed by atoms with E-state index >= 15 is 0 Å². The van der Waals surface area contributed by atoms with Crippen LogP contribution in [0.3, 0.4) is 0 Å². The van der Waals surface area contributed by atoms with Crippen LogP contribution in [0.1, 0.15) is 33.8 Å². The summed E-state index contributed by atoms with van der Waals surface area (Å²) in [6.45, 7) is 3.32. The first-order chi connectivity index (χ1) is 15.6. The number of pyridine rings is 1. The van der Waals surface area contributed by atoms with Crippen molar-refractivity contribution in [1.29, 1.82) is 0 Å². The fourth-order valence-electron chi connectivity index (χ4n) is 5.25. The van der Waals surface area contributed by atoms with E-state index in [1.54, 1.807) is 18.5 Å². The lowest BCUT2D eigenvalue weighted by molar-refractivity contribution is 0.0613. The smallest absolute Gasteiger partial charge is 0.255 e. The van der Waals surface area contributed by atoms with Crippen molar-refractivity contribution in [2.75, 3.05) is 19.6 Å². The quantitative estimate of drug-likeness (QED) is 0.562. The number of fused-ring (bicyclic) bond motifs is 1. The van der Waals surface area contributed by atoms with E-state index in [9.17, 15) is 9.18 Å². The van der Waals surface area contributed by atoms with Crippen molar-refractivity contribution in [2.24, 2.45) is 5.92 Å². The molecule has 0 unspecified atom stereocenters. The van der Waals surface area contributed by atoms with Gasteiger partial charge in [-0.15, -0.1) is 0 Å². The van der Waals surface area contributed by atoms with Crippen molar-refractivity contribution in [3.05, 3.63) is 101 Å². The maximum Gasteiger partial charge on any atom is 0.255 e. The lowest BCUT2D eigenvalue weighted by atomic mass is 9.81. The summed E-state index contributed by atoms with van der Waals surface area (Å²) in [4.78, 5) is 21.9. The molecule has 1 aromatic heterocycles. The normalized spacial score (nSPS) is 23.2. The standard InChI is InChI=1S/C26H25ClFN3O/c27-21-7-3-18(4-8-21)15-30-13-11-25-24(16-30)23(19-5-9-22(28)10-6-19)17-31(25)26(32)20-2-1-12-29-14-20/h1-10,12,14,23-25H,11,13,15-17H2/t23-,24-,25-/m1/s1. The monoisotopic (exact) mass is 449 g/mol. The maximum atomic E-state index is 13.6. The number of carbonyl (C=O) groups excluding carboxylic acids is 1. The predicted molar refractivity (Wildman–Crippen MR) is 123 cm³/mol. The van der Waals surface area contributed by atoms with E-state index in [2.05, 4.69) is 22.0 Å². The molecular formula is C26H25ClFN3O. The van der Waals surface area contributed by atoms with E-state index in [4.69, 9.17) is 11.6 Å². The van der Waals surface area contributed by atoms with Crippen molar-refractivity contribution in [2.45, 2.75) is 24.9 Å². The van der Waals surface area contributed by atoms with Crippen LogP contribution >= 0.6 is 11.6 Å². The zero-order chi connectivity index (χ0) is 22.1. The van der Waals surface area contributed by atoms with E-state index in [0.717, 1.165) is 36.6 Å². The number of benzene rings is 2. The van der Waals surface area contributed by atoms with Gasteiger partial charge in [-0.2, -0.15) is 0 Å². The van der Waals surface area contributed by atoms with Gasteiger partial charge in [0, 0.05) is 61.5 Å². The molecule has 0 radical (unpaired) electrons. The molecule has 6 heteroatoms. The Morgan fingerprint density at radius 2 is 1.84 bits per heavy atom. The predicted octanol–water partition coefficient (Wildman–Crippen LogP) is 5.00. The first-order valence-electron chi connectivity index (χ1n) is 11.0. The van der Waals surface area contributed by atoms with Crippen LogP contribution in [0.2, 0.25) is 5.02 Å². The van der Waals surface area contributed by atoms with E-state index in [0.29, 0.717) is 18.0 Å². The van der Waals surface area contributed by atoms with Gasteiger partial charge in [0.2, 0.25) is 0 Å². The topological polar surface area (TPSA) is 36.4 Å². The summed E-state index contributed by atoms with van der Waals surface area (Å²) < 4.78 is 13.6. The Bertz CT molecular complexity index is 1070. The summed E-state index contributed by atoms with van der Waals surface area (Å²) in [7, 11) is 0. The fraction of sp³-hybridized carbons (Fsp3) is 0.308. The molecule has 2 saturated heterocycles. The molecule has 3 atom stereocenters. The van der Waals surface area contributed by atoms with E-state index in [-0.39, 0.29) is 23.7 Å². The highest BCUT2D eigenvalue weighted by atomic mass is 35.5. The van der Waals surface area contributed by atoms with E-state index < -0.39 is 0 Å². The third-order valence-electron chi connectivity index (χ3n) is 6.80. The van der Waals surface area contributed by atoms with Gasteiger partial charge in [-0.3, -0.25) is 14.7 Å². The molecule has 2 aromatic carbocycles. The maximum absolute atomic E-state index is 13.6. The Balaban J connectivity index is 1.40. The molecule has 1 amide bonds. The molecule has 32 heavy (non-hydrogen) atoms. The minimum Gasteiger partial charge on any atom is -0.335 e. The highest BCUT2D eigenvalue weighted by Crippen LogP contribution is 2.42. The molecule has 2 aliphatic rings. The largest absolute Gasteiger partial charge is 0.335 e. The molecule has 0 spiro atoms. The Kier molecular flexibility index (Phi) is 5.94.